The molecule has 0 aromatic heterocycles. The van der Waals surface area contributed by atoms with E-state index in [0.29, 0.717) is 5.69 Å². The molecule has 0 bridgehead atoms. The van der Waals surface area contributed by atoms with E-state index < -0.39 is 28.5 Å². The van der Waals surface area contributed by atoms with Crippen LogP contribution in [-0.4, -0.2) is 50.0 Å². The Labute approximate surface area is 278 Å². The fourth-order valence-corrected chi connectivity index (χ4v) is 6.90. The molecule has 4 aromatic carbocycles. The summed E-state index contributed by atoms with van der Waals surface area (Å²) in [5, 5.41) is 3.08. The number of carbonyl (C=O) groups is 2. The van der Waals surface area contributed by atoms with Gasteiger partial charge in [0, 0.05) is 23.9 Å². The number of aryl methyl sites for hydroxylation is 2. The number of hydrogen-bond acceptors (Lipinski definition) is 5. The molecule has 0 radical (unpaired) electrons. The van der Waals surface area contributed by atoms with Crippen molar-refractivity contribution in [1.29, 1.82) is 0 Å². The molecule has 4 rings (SSSR count). The van der Waals surface area contributed by atoms with Crippen molar-refractivity contribution in [3.8, 4) is 0 Å². The highest BCUT2D eigenvalue weighted by molar-refractivity contribution is 7.98. The highest BCUT2D eigenvalue weighted by Crippen LogP contribution is 2.27. The average Bonchev–Trinajstić information content (AvgIpc) is 3.06. The summed E-state index contributed by atoms with van der Waals surface area (Å²) in [6.45, 7) is 7.46. The number of anilines is 1. The monoisotopic (exact) mass is 657 g/mol. The Morgan fingerprint density at radius 3 is 2.09 bits per heavy atom. The van der Waals surface area contributed by atoms with E-state index in [-0.39, 0.29) is 29.8 Å². The quantitative estimate of drug-likeness (QED) is 0.151. The molecular weight excluding hydrogens is 615 g/mol. The Kier molecular flexibility index (Phi) is 12.1. The van der Waals surface area contributed by atoms with Gasteiger partial charge in [0.15, 0.2) is 0 Å². The zero-order valence-corrected chi connectivity index (χ0v) is 28.8. The number of benzene rings is 4. The first kappa shape index (κ1) is 34.8. The second kappa shape index (κ2) is 16.0. The van der Waals surface area contributed by atoms with Crippen LogP contribution in [0.3, 0.4) is 0 Å². The highest BCUT2D eigenvalue weighted by Gasteiger charge is 2.35. The van der Waals surface area contributed by atoms with Gasteiger partial charge in [-0.25, -0.2) is 8.42 Å². The minimum absolute atomic E-state index is 0.0829. The molecule has 0 saturated heterocycles. The van der Waals surface area contributed by atoms with Gasteiger partial charge in [-0.2, -0.15) is 0 Å². The van der Waals surface area contributed by atoms with E-state index in [2.05, 4.69) is 5.32 Å². The van der Waals surface area contributed by atoms with E-state index in [1.54, 1.807) is 41.3 Å². The number of nitrogens with zero attached hydrogens (tertiary/aromatic N) is 2. The number of nitrogens with one attached hydrogen (secondary N) is 1. The summed E-state index contributed by atoms with van der Waals surface area (Å²) in [5.41, 5.74) is 4.07. The molecule has 0 aliphatic rings. The molecule has 9 heteroatoms. The minimum Gasteiger partial charge on any atom is -0.352 e. The van der Waals surface area contributed by atoms with E-state index in [1.807, 2.05) is 101 Å². The molecule has 2 atom stereocenters. The molecule has 0 spiro atoms. The van der Waals surface area contributed by atoms with E-state index in [9.17, 15) is 18.0 Å². The molecular formula is C37H43N3O4S2. The maximum atomic E-state index is 14.6. The maximum Gasteiger partial charge on any atom is 0.264 e. The Hall–Kier alpha value is -4.08. The van der Waals surface area contributed by atoms with Gasteiger partial charge in [0.2, 0.25) is 11.8 Å². The van der Waals surface area contributed by atoms with Crippen LogP contribution in [-0.2, 0) is 32.6 Å². The summed E-state index contributed by atoms with van der Waals surface area (Å²) < 4.78 is 29.6. The molecule has 0 aliphatic carbocycles. The Morgan fingerprint density at radius 1 is 0.848 bits per heavy atom. The molecule has 2 amide bonds. The third-order valence-corrected chi connectivity index (χ3v) is 10.7. The van der Waals surface area contributed by atoms with E-state index >= 15 is 0 Å². The van der Waals surface area contributed by atoms with Gasteiger partial charge in [-0.1, -0.05) is 79.2 Å². The van der Waals surface area contributed by atoms with Crippen LogP contribution in [0.1, 0.15) is 42.5 Å². The maximum absolute atomic E-state index is 14.6. The fraction of sp³-hybridized carbons (Fsp3) is 0.297. The van der Waals surface area contributed by atoms with Gasteiger partial charge in [0.25, 0.3) is 10.0 Å². The first-order chi connectivity index (χ1) is 22.0. The van der Waals surface area contributed by atoms with Gasteiger partial charge in [0.05, 0.1) is 10.6 Å². The predicted molar refractivity (Wildman–Crippen MR) is 187 cm³/mol. The first-order valence-electron chi connectivity index (χ1n) is 15.4. The second-order valence-electron chi connectivity index (χ2n) is 11.5. The van der Waals surface area contributed by atoms with Crippen molar-refractivity contribution in [2.45, 2.75) is 69.0 Å². The lowest BCUT2D eigenvalue weighted by molar-refractivity contribution is -0.140. The number of amides is 2. The Balaban J connectivity index is 1.81. The third kappa shape index (κ3) is 8.79. The lowest BCUT2D eigenvalue weighted by Gasteiger charge is -2.34. The summed E-state index contributed by atoms with van der Waals surface area (Å²) in [4.78, 5) is 31.1. The SMILES string of the molecule is CCC(C)NC(=O)C(Cc1ccccc1)N(Cc1ccccc1C)C(=O)CN(c1ccc(C)cc1)S(=O)(=O)c1ccc(SC)cc1. The largest absolute Gasteiger partial charge is 0.352 e. The van der Waals surface area contributed by atoms with E-state index in [0.717, 1.165) is 37.9 Å². The van der Waals surface area contributed by atoms with Gasteiger partial charge >= 0.3 is 0 Å². The van der Waals surface area contributed by atoms with Crippen LogP contribution in [0.5, 0.6) is 0 Å². The fourth-order valence-electron chi connectivity index (χ4n) is 5.08. The van der Waals surface area contributed by atoms with Crippen LogP contribution in [0.2, 0.25) is 0 Å². The number of rotatable bonds is 14. The summed E-state index contributed by atoms with van der Waals surface area (Å²) >= 11 is 1.52. The molecule has 0 heterocycles. The number of carbonyl (C=O) groups excluding carboxylic acids is 2. The van der Waals surface area contributed by atoms with Crippen LogP contribution in [0.4, 0.5) is 5.69 Å². The van der Waals surface area contributed by atoms with Crippen molar-refractivity contribution < 1.29 is 18.0 Å². The number of sulfonamides is 1. The molecule has 7 nitrogen and oxygen atoms in total. The average molecular weight is 658 g/mol. The Morgan fingerprint density at radius 2 is 1.48 bits per heavy atom. The van der Waals surface area contributed by atoms with Crippen molar-refractivity contribution in [3.63, 3.8) is 0 Å². The zero-order valence-electron chi connectivity index (χ0n) is 27.1. The first-order valence-corrected chi connectivity index (χ1v) is 18.1. The predicted octanol–water partition coefficient (Wildman–Crippen LogP) is 6.78. The van der Waals surface area contributed by atoms with Crippen LogP contribution in [0, 0.1) is 13.8 Å². The van der Waals surface area contributed by atoms with Crippen molar-refractivity contribution in [2.24, 2.45) is 0 Å². The molecule has 1 N–H and O–H groups in total. The van der Waals surface area contributed by atoms with Crippen molar-refractivity contribution in [1.82, 2.24) is 10.2 Å². The van der Waals surface area contributed by atoms with Gasteiger partial charge in [-0.3, -0.25) is 13.9 Å². The summed E-state index contributed by atoms with van der Waals surface area (Å²) in [5.74, 6) is -0.758. The molecule has 242 valence electrons. The van der Waals surface area contributed by atoms with E-state index in [1.165, 1.54) is 11.8 Å². The van der Waals surface area contributed by atoms with Crippen LogP contribution in [0.15, 0.2) is 113 Å². The van der Waals surface area contributed by atoms with Crippen LogP contribution in [0.25, 0.3) is 0 Å². The summed E-state index contributed by atoms with van der Waals surface area (Å²) in [7, 11) is -4.15. The second-order valence-corrected chi connectivity index (χ2v) is 14.2. The summed E-state index contributed by atoms with van der Waals surface area (Å²) in [6.07, 6.45) is 2.92. The third-order valence-electron chi connectivity index (χ3n) is 8.12. The van der Waals surface area contributed by atoms with Crippen LogP contribution < -0.4 is 9.62 Å². The minimum atomic E-state index is -4.15. The standard InChI is InChI=1S/C37H43N3O4S2/c1-6-29(4)38-37(42)35(24-30-13-8-7-9-14-30)39(25-31-15-11-10-12-28(31)3)36(41)26-40(32-18-16-27(2)17-19-32)46(43,44)34-22-20-33(45-5)21-23-34/h7-23,29,35H,6,24-26H2,1-5H3,(H,38,42). The zero-order chi connectivity index (χ0) is 33.3. The molecule has 0 fully saturated rings. The number of hydrogen-bond donors (Lipinski definition) is 1. The highest BCUT2D eigenvalue weighted by atomic mass is 32.2. The van der Waals surface area contributed by atoms with Crippen molar-refractivity contribution in [2.75, 3.05) is 17.1 Å². The molecule has 0 saturated carbocycles. The molecule has 2 unspecified atom stereocenters. The van der Waals surface area contributed by atoms with E-state index in [4.69, 9.17) is 0 Å². The van der Waals surface area contributed by atoms with Crippen molar-refractivity contribution >= 4 is 39.3 Å². The molecule has 0 aliphatic heterocycles. The topological polar surface area (TPSA) is 86.8 Å². The molecule has 4 aromatic rings. The molecule has 46 heavy (non-hydrogen) atoms. The van der Waals surface area contributed by atoms with Gasteiger partial charge in [-0.15, -0.1) is 11.8 Å². The number of thioether (sulfide) groups is 1. The summed E-state index contributed by atoms with van der Waals surface area (Å²) in [6, 6.07) is 30.0. The smallest absolute Gasteiger partial charge is 0.264 e. The van der Waals surface area contributed by atoms with Gasteiger partial charge < -0.3 is 10.2 Å². The lowest BCUT2D eigenvalue weighted by atomic mass is 10.0. The van der Waals surface area contributed by atoms with Gasteiger partial charge in [-0.05, 0) is 86.5 Å². The Bertz CT molecular complexity index is 1710. The lowest BCUT2D eigenvalue weighted by Crippen LogP contribution is -2.54. The van der Waals surface area contributed by atoms with Crippen LogP contribution >= 0.6 is 11.8 Å². The normalized spacial score (nSPS) is 12.6. The van der Waals surface area contributed by atoms with Crippen molar-refractivity contribution in [3.05, 3.63) is 125 Å². The van der Waals surface area contributed by atoms with Gasteiger partial charge in [0.1, 0.15) is 12.6 Å².